The highest BCUT2D eigenvalue weighted by Gasteiger charge is 2.35. The number of nitrogens with zero attached hydrogens (tertiary/aromatic N) is 4. The van der Waals surface area contributed by atoms with Gasteiger partial charge in [0, 0.05) is 101 Å². The first-order valence-electron chi connectivity index (χ1n) is 33.7. The monoisotopic (exact) mass is 1440 g/mol. The van der Waals surface area contributed by atoms with E-state index in [1.807, 2.05) is 54.6 Å². The standard InChI is InChI=1S/C69H98N14O16S2/c1-43(64(94)78-58(41-84)45(3)86)71-36-57(44(2)85)77-65(95)53(22-11-12-23-70)74-67(97)56(34-49-35-72-52-21-10-9-20-51(49)52)75-68(98)55(33-48-18-13-17-47-16-7-8-19-50(47)48)76-69(99)59(42-101-100)79-66(96)54(32-46-14-5-4-6-15-46)73-60(87)37-80-24-26-81(38-61(88)89)28-30-83(40-63(92)93)31-29-82(27-25-80)39-62(90)91/h4-10,13-21,35,43-45,53-59,71-72,84-86,100H,11-12,22-34,36-42,70H2,1-3H3,(H,73,87)(H,74,97)(H,75,98)(H,76,99)(H,77,95)(H,78,94)(H,79,96)(H,88,89)(H,90,91)(H,92,93). The average molecular weight is 1440 g/mol. The lowest BCUT2D eigenvalue weighted by Crippen LogP contribution is -2.61. The molecule has 30 nitrogen and oxygen atoms in total. The Hall–Kier alpha value is -8.28. The molecule has 552 valence electrons. The maximum absolute atomic E-state index is 15.4. The summed E-state index contributed by atoms with van der Waals surface area (Å²) < 4.78 is 0. The van der Waals surface area contributed by atoms with E-state index in [1.165, 1.54) is 20.8 Å². The minimum atomic E-state index is -1.47. The van der Waals surface area contributed by atoms with Crippen LogP contribution in [0.3, 0.4) is 0 Å². The van der Waals surface area contributed by atoms with Crippen molar-refractivity contribution >= 4 is 103 Å². The molecule has 101 heavy (non-hydrogen) atoms. The number of aromatic nitrogens is 1. The number of aromatic amines is 1. The highest BCUT2D eigenvalue weighted by atomic mass is 33.1. The Morgan fingerprint density at radius 2 is 0.960 bits per heavy atom. The summed E-state index contributed by atoms with van der Waals surface area (Å²) in [5.74, 6) is -8.68. The highest BCUT2D eigenvalue weighted by molar-refractivity contribution is 8.68. The summed E-state index contributed by atoms with van der Waals surface area (Å²) in [6.45, 7) is 3.60. The number of hydrogen-bond acceptors (Lipinski definition) is 21. The number of unbranched alkanes of at least 4 members (excludes halogenated alkanes) is 1. The normalized spacial score (nSPS) is 16.8. The predicted octanol–water partition coefficient (Wildman–Crippen LogP) is -1.34. The number of carboxylic acids is 3. The third-order valence-corrected chi connectivity index (χ3v) is 18.4. The van der Waals surface area contributed by atoms with Crippen LogP contribution in [-0.4, -0.2) is 279 Å². The molecule has 0 bridgehead atoms. The lowest BCUT2D eigenvalue weighted by molar-refractivity contribution is -0.140. The number of carboxylic acid groups (broad SMARTS) is 3. The fourth-order valence-electron chi connectivity index (χ4n) is 11.7. The summed E-state index contributed by atoms with van der Waals surface area (Å²) in [6, 6.07) is 19.1. The number of aliphatic hydroxyl groups excluding tert-OH is 3. The van der Waals surface area contributed by atoms with Crippen LogP contribution < -0.4 is 48.3 Å². The molecule has 0 saturated carbocycles. The Morgan fingerprint density at radius 3 is 1.50 bits per heavy atom. The number of amides is 7. The van der Waals surface area contributed by atoms with Crippen LogP contribution in [0, 0.1) is 0 Å². The summed E-state index contributed by atoms with van der Waals surface area (Å²) in [5.41, 5.74) is 8.49. The molecule has 6 rings (SSSR count). The Kier molecular flexibility index (Phi) is 34.1. The first-order chi connectivity index (χ1) is 48.3. The molecule has 17 N–H and O–H groups in total. The van der Waals surface area contributed by atoms with Gasteiger partial charge in [0.05, 0.1) is 63.1 Å². The van der Waals surface area contributed by atoms with Gasteiger partial charge in [-0.1, -0.05) is 102 Å². The smallest absolute Gasteiger partial charge is 0.317 e. The van der Waals surface area contributed by atoms with Crippen molar-refractivity contribution in [1.82, 2.24) is 67.1 Å². The van der Waals surface area contributed by atoms with Crippen LogP contribution in [0.25, 0.3) is 21.7 Å². The van der Waals surface area contributed by atoms with Crippen molar-refractivity contribution in [3.05, 3.63) is 120 Å². The SMILES string of the molecule is CC(NCC(NC(=O)C(CCCCN)NC(=O)C(Cc1c[nH]c2ccccc12)NC(=O)C(Cc1cccc2ccccc12)NC(=O)C(CSS)NC(=O)C(Cc1ccccc1)NC(=O)CN1CCN(CC(=O)O)CCN(CC(=O)O)CCN(CC(=O)O)CC1)C(C)O)C(=O)NC(CO)C(C)O. The topological polar surface area (TPSA) is 443 Å². The van der Waals surface area contributed by atoms with Crippen molar-refractivity contribution < 1.29 is 78.6 Å². The summed E-state index contributed by atoms with van der Waals surface area (Å²) in [7, 11) is 0.909. The maximum Gasteiger partial charge on any atom is 0.317 e. The number of aliphatic carboxylic acids is 3. The molecule has 1 saturated heterocycles. The second-order valence-electron chi connectivity index (χ2n) is 25.4. The molecule has 1 aromatic heterocycles. The second kappa shape index (κ2) is 42.2. The van der Waals surface area contributed by atoms with Crippen LogP contribution in [0.4, 0.5) is 0 Å². The molecule has 0 spiro atoms. The van der Waals surface area contributed by atoms with Gasteiger partial charge in [0.2, 0.25) is 41.4 Å². The summed E-state index contributed by atoms with van der Waals surface area (Å²) in [6.07, 6.45) is -0.00220. The molecule has 7 amide bonds. The fraction of sp³-hybridized carbons (Fsp3) is 0.507. The van der Waals surface area contributed by atoms with Crippen LogP contribution in [0.5, 0.6) is 0 Å². The lowest BCUT2D eigenvalue weighted by Gasteiger charge is -2.33. The van der Waals surface area contributed by atoms with E-state index in [0.29, 0.717) is 29.5 Å². The zero-order chi connectivity index (χ0) is 73.5. The van der Waals surface area contributed by atoms with Gasteiger partial charge in [-0.15, -0.1) is 11.7 Å². The number of thiol groups is 1. The van der Waals surface area contributed by atoms with E-state index in [2.05, 4.69) is 59.2 Å². The first kappa shape index (κ1) is 81.7. The largest absolute Gasteiger partial charge is 0.480 e. The van der Waals surface area contributed by atoms with Crippen LogP contribution in [0.1, 0.15) is 56.7 Å². The van der Waals surface area contributed by atoms with Crippen molar-refractivity contribution in [1.29, 1.82) is 0 Å². The molecule has 10 atom stereocenters. The van der Waals surface area contributed by atoms with Crippen LogP contribution in [0.2, 0.25) is 0 Å². The minimum absolute atomic E-state index is 0.0646. The molecule has 32 heteroatoms. The molecule has 5 aromatic rings. The van der Waals surface area contributed by atoms with Crippen molar-refractivity contribution in [3.63, 3.8) is 0 Å². The number of aliphatic hydroxyl groups is 3. The van der Waals surface area contributed by atoms with E-state index in [4.69, 9.17) is 5.73 Å². The van der Waals surface area contributed by atoms with E-state index >= 15 is 14.4 Å². The number of benzene rings is 4. The van der Waals surface area contributed by atoms with Gasteiger partial charge in [-0.3, -0.25) is 67.5 Å². The Bertz CT molecular complexity index is 3500. The van der Waals surface area contributed by atoms with Gasteiger partial charge in [-0.05, 0) is 80.1 Å². The first-order valence-corrected chi connectivity index (χ1v) is 35.8. The number of nitrogens with one attached hydrogen (secondary N) is 9. The van der Waals surface area contributed by atoms with Crippen LogP contribution >= 0.6 is 22.5 Å². The Balaban J connectivity index is 1.28. The predicted molar refractivity (Wildman–Crippen MR) is 384 cm³/mol. The van der Waals surface area contributed by atoms with Gasteiger partial charge < -0.3 is 83.9 Å². The summed E-state index contributed by atoms with van der Waals surface area (Å²) in [4.78, 5) is 148. The summed E-state index contributed by atoms with van der Waals surface area (Å²) in [5, 5.41) is 84.6. The number of H-pyrrole nitrogens is 1. The average Bonchev–Trinajstić information content (AvgIpc) is 1.80. The number of nitrogens with two attached hydrogens (primary N) is 1. The number of rotatable bonds is 39. The number of carbonyl (C=O) groups excluding carboxylic acids is 7. The highest BCUT2D eigenvalue weighted by Crippen LogP contribution is 2.23. The van der Waals surface area contributed by atoms with Crippen molar-refractivity contribution in [2.45, 2.75) is 120 Å². The van der Waals surface area contributed by atoms with Crippen molar-refractivity contribution in [2.24, 2.45) is 5.73 Å². The zero-order valence-corrected chi connectivity index (χ0v) is 58.8. The van der Waals surface area contributed by atoms with Gasteiger partial charge in [0.1, 0.15) is 30.2 Å². The van der Waals surface area contributed by atoms with Gasteiger partial charge >= 0.3 is 17.9 Å². The molecule has 2 heterocycles. The molecule has 0 radical (unpaired) electrons. The molecule has 1 aliphatic heterocycles. The molecule has 1 aliphatic rings. The van der Waals surface area contributed by atoms with E-state index in [-0.39, 0.29) is 123 Å². The van der Waals surface area contributed by atoms with Crippen molar-refractivity contribution in [3.8, 4) is 0 Å². The number of fused-ring (bicyclic) bond motifs is 2. The molecular weight excluding hydrogens is 1340 g/mol. The molecule has 10 unspecified atom stereocenters. The lowest BCUT2D eigenvalue weighted by atomic mass is 9.97. The van der Waals surface area contributed by atoms with Crippen LogP contribution in [0.15, 0.2) is 103 Å². The number of carbonyl (C=O) groups is 10. The quantitative estimate of drug-likeness (QED) is 0.0123. The summed E-state index contributed by atoms with van der Waals surface area (Å²) >= 11 is 4.38. The van der Waals surface area contributed by atoms with Crippen LogP contribution in [-0.2, 0) is 67.2 Å². The molecular formula is C69H98N14O16S2. The van der Waals surface area contributed by atoms with E-state index < -0.39 is 126 Å². The molecule has 0 aliphatic carbocycles. The third kappa shape index (κ3) is 27.5. The Morgan fingerprint density at radius 1 is 0.505 bits per heavy atom. The molecule has 4 aromatic carbocycles. The van der Waals surface area contributed by atoms with Gasteiger partial charge in [0.25, 0.3) is 0 Å². The fourth-order valence-corrected chi connectivity index (χ4v) is 12.5. The van der Waals surface area contributed by atoms with E-state index in [0.717, 1.165) is 32.5 Å². The van der Waals surface area contributed by atoms with Gasteiger partial charge in [0.15, 0.2) is 0 Å². The number of para-hydroxylation sites is 1. The number of hydrogen-bond donors (Lipinski definition) is 17. The second-order valence-corrected chi connectivity index (χ2v) is 26.7. The third-order valence-electron chi connectivity index (χ3n) is 17.5. The van der Waals surface area contributed by atoms with Gasteiger partial charge in [-0.25, -0.2) is 0 Å². The van der Waals surface area contributed by atoms with Gasteiger partial charge in [-0.2, -0.15) is 0 Å². The minimum Gasteiger partial charge on any atom is -0.480 e. The Labute approximate surface area is 595 Å². The maximum atomic E-state index is 15.4. The van der Waals surface area contributed by atoms with Crippen molar-refractivity contribution in [2.75, 3.05) is 104 Å². The zero-order valence-electron chi connectivity index (χ0n) is 57.1. The van der Waals surface area contributed by atoms with E-state index in [1.54, 1.807) is 68.3 Å². The van der Waals surface area contributed by atoms with E-state index in [9.17, 15) is 64.2 Å². The molecule has 1 fully saturated rings.